The highest BCUT2D eigenvalue weighted by Crippen LogP contribution is 2.30. The number of benzene rings is 2. The molecule has 0 fully saturated rings. The zero-order chi connectivity index (χ0) is 19.0. The van der Waals surface area contributed by atoms with Crippen LogP contribution in [0.15, 0.2) is 60.2 Å². The number of fused-ring (bicyclic) bond motifs is 1. The van der Waals surface area contributed by atoms with E-state index in [2.05, 4.69) is 5.10 Å². The third-order valence-electron chi connectivity index (χ3n) is 4.75. The van der Waals surface area contributed by atoms with E-state index < -0.39 is 4.92 Å². The predicted molar refractivity (Wildman–Crippen MR) is 102 cm³/mol. The second-order valence-electron chi connectivity index (χ2n) is 6.50. The maximum Gasteiger partial charge on any atom is 0.269 e. The highest BCUT2D eigenvalue weighted by molar-refractivity contribution is 6.13. The fraction of sp³-hybridized carbons (Fsp3) is 0.143. The van der Waals surface area contributed by atoms with Crippen LogP contribution in [0.5, 0.6) is 0 Å². The van der Waals surface area contributed by atoms with Crippen LogP contribution in [0.3, 0.4) is 0 Å². The van der Waals surface area contributed by atoms with Crippen molar-refractivity contribution in [1.29, 1.82) is 0 Å². The first kappa shape index (κ1) is 16.9. The van der Waals surface area contributed by atoms with Crippen LogP contribution in [0.4, 0.5) is 5.69 Å². The fourth-order valence-corrected chi connectivity index (χ4v) is 3.44. The molecule has 0 bridgehead atoms. The Morgan fingerprint density at radius 2 is 1.78 bits per heavy atom. The number of nitro benzene ring substituents is 1. The summed E-state index contributed by atoms with van der Waals surface area (Å²) in [4.78, 5) is 23.4. The minimum absolute atomic E-state index is 0.0192. The fourth-order valence-electron chi connectivity index (χ4n) is 3.44. The maximum atomic E-state index is 13.0. The monoisotopic (exact) mass is 359 g/mol. The molecule has 0 aliphatic heterocycles. The van der Waals surface area contributed by atoms with Crippen LogP contribution >= 0.6 is 0 Å². The molecule has 0 saturated heterocycles. The molecule has 0 unspecified atom stereocenters. The van der Waals surface area contributed by atoms with Gasteiger partial charge in [-0.2, -0.15) is 5.10 Å². The molecule has 1 aromatic heterocycles. The second kappa shape index (κ2) is 6.64. The number of carbonyl (C=O) groups is 1. The summed E-state index contributed by atoms with van der Waals surface area (Å²) in [6, 6.07) is 16.0. The molecule has 134 valence electrons. The molecule has 6 heteroatoms. The Morgan fingerprint density at radius 3 is 2.44 bits per heavy atom. The van der Waals surface area contributed by atoms with E-state index in [0.29, 0.717) is 23.3 Å². The van der Waals surface area contributed by atoms with Crippen LogP contribution in [-0.4, -0.2) is 20.5 Å². The minimum atomic E-state index is -0.434. The number of allylic oxidation sites excluding steroid dienone is 1. The van der Waals surface area contributed by atoms with Gasteiger partial charge in [-0.05, 0) is 55.7 Å². The van der Waals surface area contributed by atoms with Crippen molar-refractivity contribution in [3.63, 3.8) is 0 Å². The largest absolute Gasteiger partial charge is 0.289 e. The summed E-state index contributed by atoms with van der Waals surface area (Å²) in [6.07, 6.45) is 3.14. The van der Waals surface area contributed by atoms with Crippen molar-refractivity contribution in [2.24, 2.45) is 0 Å². The number of hydrogen-bond acceptors (Lipinski definition) is 4. The van der Waals surface area contributed by atoms with Gasteiger partial charge in [0.15, 0.2) is 5.78 Å². The van der Waals surface area contributed by atoms with Crippen molar-refractivity contribution >= 4 is 17.5 Å². The Bertz CT molecular complexity index is 1060. The second-order valence-corrected chi connectivity index (χ2v) is 6.50. The lowest BCUT2D eigenvalue weighted by Gasteiger charge is -2.16. The van der Waals surface area contributed by atoms with Gasteiger partial charge in [0.2, 0.25) is 0 Å². The van der Waals surface area contributed by atoms with Gasteiger partial charge in [-0.15, -0.1) is 0 Å². The smallest absolute Gasteiger partial charge is 0.269 e. The van der Waals surface area contributed by atoms with Gasteiger partial charge < -0.3 is 0 Å². The molecule has 0 amide bonds. The van der Waals surface area contributed by atoms with Gasteiger partial charge in [-0.25, -0.2) is 4.68 Å². The van der Waals surface area contributed by atoms with Crippen molar-refractivity contribution in [2.75, 3.05) is 0 Å². The SMILES string of the molecule is Cc1nn(-c2ccccc2)c2c1C(=O)C(=Cc1ccc([N+](=O)[O-])cc1)CC2. The summed E-state index contributed by atoms with van der Waals surface area (Å²) < 4.78 is 1.85. The Balaban J connectivity index is 1.69. The number of rotatable bonds is 3. The van der Waals surface area contributed by atoms with Crippen molar-refractivity contribution in [3.8, 4) is 5.69 Å². The molecule has 4 rings (SSSR count). The number of aryl methyl sites for hydroxylation is 1. The van der Waals surface area contributed by atoms with E-state index in [-0.39, 0.29) is 11.5 Å². The van der Waals surface area contributed by atoms with Gasteiger partial charge in [0.05, 0.1) is 27.6 Å². The number of carbonyl (C=O) groups excluding carboxylic acids is 1. The average Bonchev–Trinajstić information content (AvgIpc) is 3.02. The summed E-state index contributed by atoms with van der Waals surface area (Å²) in [6.45, 7) is 1.85. The topological polar surface area (TPSA) is 78.0 Å². The number of nitro groups is 1. The lowest BCUT2D eigenvalue weighted by Crippen LogP contribution is -2.16. The van der Waals surface area contributed by atoms with Gasteiger partial charge in [-0.1, -0.05) is 18.2 Å². The van der Waals surface area contributed by atoms with E-state index in [0.717, 1.165) is 23.4 Å². The van der Waals surface area contributed by atoms with E-state index in [1.807, 2.05) is 48.0 Å². The highest BCUT2D eigenvalue weighted by atomic mass is 16.6. The Morgan fingerprint density at radius 1 is 1.07 bits per heavy atom. The number of nitrogens with zero attached hydrogens (tertiary/aromatic N) is 3. The summed E-state index contributed by atoms with van der Waals surface area (Å²) in [7, 11) is 0. The Hall–Kier alpha value is -3.54. The Kier molecular flexibility index (Phi) is 4.16. The van der Waals surface area contributed by atoms with E-state index in [9.17, 15) is 14.9 Å². The zero-order valence-electron chi connectivity index (χ0n) is 14.8. The summed E-state index contributed by atoms with van der Waals surface area (Å²) in [5.74, 6) is -0.0192. The molecule has 0 saturated carbocycles. The van der Waals surface area contributed by atoms with Gasteiger partial charge in [0.25, 0.3) is 5.69 Å². The minimum Gasteiger partial charge on any atom is -0.289 e. The van der Waals surface area contributed by atoms with Gasteiger partial charge in [0.1, 0.15) is 0 Å². The molecule has 6 nitrogen and oxygen atoms in total. The first-order chi connectivity index (χ1) is 13.0. The molecule has 0 spiro atoms. The molecule has 0 N–H and O–H groups in total. The summed E-state index contributed by atoms with van der Waals surface area (Å²) in [5, 5.41) is 15.4. The number of non-ortho nitro benzene ring substituents is 1. The van der Waals surface area contributed by atoms with Crippen LogP contribution in [0, 0.1) is 17.0 Å². The summed E-state index contributed by atoms with van der Waals surface area (Å²) >= 11 is 0. The van der Waals surface area contributed by atoms with E-state index in [1.165, 1.54) is 12.1 Å². The molecule has 0 radical (unpaired) electrons. The van der Waals surface area contributed by atoms with Gasteiger partial charge >= 0.3 is 0 Å². The van der Waals surface area contributed by atoms with E-state index in [1.54, 1.807) is 12.1 Å². The molecular weight excluding hydrogens is 342 g/mol. The highest BCUT2D eigenvalue weighted by Gasteiger charge is 2.29. The molecule has 1 heterocycles. The van der Waals surface area contributed by atoms with Crippen molar-refractivity contribution in [2.45, 2.75) is 19.8 Å². The van der Waals surface area contributed by atoms with Crippen molar-refractivity contribution in [3.05, 3.63) is 92.8 Å². The van der Waals surface area contributed by atoms with Crippen LogP contribution in [0.1, 0.15) is 33.7 Å². The lowest BCUT2D eigenvalue weighted by atomic mass is 9.88. The number of ketones is 1. The number of hydrogen-bond donors (Lipinski definition) is 0. The van der Waals surface area contributed by atoms with Crippen LogP contribution in [0.2, 0.25) is 0 Å². The van der Waals surface area contributed by atoms with Crippen molar-refractivity contribution < 1.29 is 9.72 Å². The Labute approximate surface area is 155 Å². The predicted octanol–water partition coefficient (Wildman–Crippen LogP) is 4.30. The average molecular weight is 359 g/mol. The molecule has 1 aliphatic rings. The normalized spacial score (nSPS) is 15.0. The first-order valence-electron chi connectivity index (χ1n) is 8.68. The maximum absolute atomic E-state index is 13.0. The van der Waals surface area contributed by atoms with E-state index >= 15 is 0 Å². The molecule has 0 atom stereocenters. The summed E-state index contributed by atoms with van der Waals surface area (Å²) in [5.41, 5.74) is 4.77. The van der Waals surface area contributed by atoms with Crippen LogP contribution in [-0.2, 0) is 6.42 Å². The van der Waals surface area contributed by atoms with E-state index in [4.69, 9.17) is 0 Å². The standard InChI is InChI=1S/C21H17N3O3/c1-14-20-19(23(22-14)17-5-3-2-4-6-17)12-9-16(21(20)25)13-15-7-10-18(11-8-15)24(26)27/h2-8,10-11,13H,9,12H2,1H3. The molecule has 3 aromatic rings. The quantitative estimate of drug-likeness (QED) is 0.397. The lowest BCUT2D eigenvalue weighted by molar-refractivity contribution is -0.384. The number of aromatic nitrogens is 2. The van der Waals surface area contributed by atoms with Gasteiger partial charge in [0, 0.05) is 17.7 Å². The number of Topliss-reactive ketones (excluding diaryl/α,β-unsaturated/α-hetero) is 1. The first-order valence-corrected chi connectivity index (χ1v) is 8.68. The van der Waals surface area contributed by atoms with Gasteiger partial charge in [-0.3, -0.25) is 14.9 Å². The van der Waals surface area contributed by atoms with Crippen LogP contribution in [0.25, 0.3) is 11.8 Å². The zero-order valence-corrected chi connectivity index (χ0v) is 14.8. The molecule has 1 aliphatic carbocycles. The third-order valence-corrected chi connectivity index (χ3v) is 4.75. The number of para-hydroxylation sites is 1. The van der Waals surface area contributed by atoms with Crippen molar-refractivity contribution in [1.82, 2.24) is 9.78 Å². The third kappa shape index (κ3) is 3.06. The molecule has 27 heavy (non-hydrogen) atoms. The molecular formula is C21H17N3O3. The molecule has 2 aromatic carbocycles. The van der Waals surface area contributed by atoms with Crippen LogP contribution < -0.4 is 0 Å².